The molecule has 7 heteroatoms. The summed E-state index contributed by atoms with van der Waals surface area (Å²) in [6.07, 6.45) is 10.7. The highest BCUT2D eigenvalue weighted by atomic mass is 16.6. The Labute approximate surface area is 267 Å². The van der Waals surface area contributed by atoms with Crippen molar-refractivity contribution >= 4 is 6.09 Å². The van der Waals surface area contributed by atoms with Crippen molar-refractivity contribution in [1.29, 1.82) is 0 Å². The van der Waals surface area contributed by atoms with E-state index in [4.69, 9.17) is 14.2 Å². The molecule has 5 saturated carbocycles. The third-order valence-electron chi connectivity index (χ3n) is 15.2. The number of nitrogens with zero attached hydrogens (tertiary/aromatic N) is 1. The molecule has 7 rings (SSSR count). The first-order chi connectivity index (χ1) is 20.3. The third-order valence-corrected chi connectivity index (χ3v) is 15.2. The predicted octanol–water partition coefficient (Wildman–Crippen LogP) is 6.66. The van der Waals surface area contributed by atoms with Crippen LogP contribution in [0.25, 0.3) is 0 Å². The van der Waals surface area contributed by atoms with Crippen molar-refractivity contribution in [3.05, 3.63) is 0 Å². The van der Waals surface area contributed by atoms with E-state index in [-0.39, 0.29) is 43.4 Å². The van der Waals surface area contributed by atoms with Crippen molar-refractivity contribution in [2.75, 3.05) is 32.8 Å². The maximum Gasteiger partial charge on any atom is 0.410 e. The van der Waals surface area contributed by atoms with Gasteiger partial charge >= 0.3 is 6.09 Å². The van der Waals surface area contributed by atoms with Gasteiger partial charge < -0.3 is 29.5 Å². The summed E-state index contributed by atoms with van der Waals surface area (Å²) in [7, 11) is 0. The van der Waals surface area contributed by atoms with Crippen molar-refractivity contribution in [3.8, 4) is 0 Å². The smallest absolute Gasteiger partial charge is 0.410 e. The van der Waals surface area contributed by atoms with Crippen LogP contribution in [0, 0.1) is 51.2 Å². The Morgan fingerprint density at radius 3 is 2.39 bits per heavy atom. The number of fused-ring (bicyclic) bond motifs is 4. The van der Waals surface area contributed by atoms with E-state index in [1.807, 2.05) is 25.7 Å². The summed E-state index contributed by atoms with van der Waals surface area (Å²) in [6.45, 7) is 19.6. The first-order valence-electron chi connectivity index (χ1n) is 18.0. The molecule has 7 aliphatic rings. The van der Waals surface area contributed by atoms with Gasteiger partial charge in [0.2, 0.25) is 0 Å². The van der Waals surface area contributed by atoms with Gasteiger partial charge in [0, 0.05) is 38.2 Å². The Morgan fingerprint density at radius 1 is 1.00 bits per heavy atom. The quantitative estimate of drug-likeness (QED) is 0.360. The summed E-state index contributed by atoms with van der Waals surface area (Å²) in [6, 6.07) is 0. The second kappa shape index (κ2) is 11.1. The molecule has 0 bridgehead atoms. The number of carbonyl (C=O) groups is 1. The molecule has 2 N–H and O–H groups in total. The number of carbonyl (C=O) groups excluding carboxylic acids is 1. The van der Waals surface area contributed by atoms with Crippen LogP contribution in [0.4, 0.5) is 4.79 Å². The first-order valence-corrected chi connectivity index (χ1v) is 18.0. The summed E-state index contributed by atoms with van der Waals surface area (Å²) in [4.78, 5) is 15.1. The molecule has 0 radical (unpaired) electrons. The first kappa shape index (κ1) is 33.0. The molecule has 5 aliphatic carbocycles. The van der Waals surface area contributed by atoms with Crippen LogP contribution in [-0.4, -0.2) is 78.9 Å². The van der Waals surface area contributed by atoms with E-state index in [1.54, 1.807) is 0 Å². The molecule has 2 aliphatic heterocycles. The number of hydrogen-bond donors (Lipinski definition) is 2. The molecule has 0 aromatic heterocycles. The van der Waals surface area contributed by atoms with Crippen LogP contribution in [-0.2, 0) is 14.2 Å². The van der Waals surface area contributed by atoms with Gasteiger partial charge in [0.15, 0.2) is 0 Å². The molecule has 0 aromatic rings. The van der Waals surface area contributed by atoms with E-state index < -0.39 is 5.60 Å². The maximum atomic E-state index is 13.2. The number of amides is 1. The van der Waals surface area contributed by atoms with Crippen molar-refractivity contribution in [1.82, 2.24) is 10.2 Å². The van der Waals surface area contributed by atoms with Crippen molar-refractivity contribution in [2.45, 2.75) is 144 Å². The Balaban J connectivity index is 0.00000343. The lowest BCUT2D eigenvalue weighted by atomic mass is 9.46. The third kappa shape index (κ3) is 4.44. The van der Waals surface area contributed by atoms with Gasteiger partial charge in [-0.2, -0.15) is 0 Å². The monoisotopic (exact) mass is 616 g/mol. The summed E-state index contributed by atoms with van der Waals surface area (Å²) in [5.41, 5.74) is 0.279. The number of rotatable bonds is 5. The van der Waals surface area contributed by atoms with Gasteiger partial charge in [0.05, 0.1) is 17.8 Å². The lowest BCUT2D eigenvalue weighted by Gasteiger charge is -2.59. The Kier molecular flexibility index (Phi) is 8.32. The van der Waals surface area contributed by atoms with E-state index in [9.17, 15) is 9.90 Å². The zero-order valence-corrected chi connectivity index (χ0v) is 28.1. The Morgan fingerprint density at radius 2 is 1.70 bits per heavy atom. The normalized spacial score (nSPS) is 48.0. The maximum absolute atomic E-state index is 13.2. The number of aliphatic hydroxyl groups is 1. The van der Waals surface area contributed by atoms with Gasteiger partial charge in [-0.3, -0.25) is 0 Å². The number of hydrogen-bond acceptors (Lipinski definition) is 6. The van der Waals surface area contributed by atoms with Crippen LogP contribution in [0.3, 0.4) is 0 Å². The zero-order chi connectivity index (χ0) is 30.6. The molecule has 12 atom stereocenters. The molecule has 11 unspecified atom stereocenters. The minimum absolute atomic E-state index is 0. The van der Waals surface area contributed by atoms with Gasteiger partial charge in [0.1, 0.15) is 12.2 Å². The summed E-state index contributed by atoms with van der Waals surface area (Å²) >= 11 is 0. The Bertz CT molecular complexity index is 1080. The fourth-order valence-corrected chi connectivity index (χ4v) is 13.4. The minimum Gasteiger partial charge on any atom is -0.446 e. The van der Waals surface area contributed by atoms with Crippen molar-refractivity contribution in [3.63, 3.8) is 0 Å². The SMILES string of the molecule is C.CCOC(C1CCC2C(CC3C4CC[C@H]5C(C)(C)C(OC(=O)N6CCNCC6)CCC56C(C)C46CCC23C)O1)C(C)(C)O. The average Bonchev–Trinajstić information content (AvgIpc) is 3.35. The highest BCUT2D eigenvalue weighted by Crippen LogP contribution is 2.89. The lowest BCUT2D eigenvalue weighted by Crippen LogP contribution is -2.56. The van der Waals surface area contributed by atoms with Crippen LogP contribution in [0.1, 0.15) is 114 Å². The second-order valence-electron chi connectivity index (χ2n) is 17.3. The molecular weight excluding hydrogens is 552 g/mol. The fourth-order valence-electron chi connectivity index (χ4n) is 13.4. The van der Waals surface area contributed by atoms with E-state index in [1.165, 1.54) is 44.9 Å². The minimum atomic E-state index is -0.911. The largest absolute Gasteiger partial charge is 0.446 e. The zero-order valence-electron chi connectivity index (χ0n) is 28.1. The highest BCUT2D eigenvalue weighted by molar-refractivity contribution is 5.68. The number of piperazine rings is 1. The summed E-state index contributed by atoms with van der Waals surface area (Å²) in [5, 5.41) is 14.3. The molecule has 0 aromatic carbocycles. The molecule has 2 saturated heterocycles. The van der Waals surface area contributed by atoms with Gasteiger partial charge in [-0.15, -0.1) is 0 Å². The topological polar surface area (TPSA) is 80.3 Å². The van der Waals surface area contributed by atoms with Crippen LogP contribution < -0.4 is 5.32 Å². The van der Waals surface area contributed by atoms with Gasteiger partial charge in [-0.1, -0.05) is 35.1 Å². The molecule has 7 fully saturated rings. The lowest BCUT2D eigenvalue weighted by molar-refractivity contribution is -0.193. The average molecular weight is 617 g/mol. The van der Waals surface area contributed by atoms with Gasteiger partial charge in [-0.25, -0.2) is 4.79 Å². The predicted molar refractivity (Wildman–Crippen MR) is 173 cm³/mol. The summed E-state index contributed by atoms with van der Waals surface area (Å²) < 4.78 is 19.4. The highest BCUT2D eigenvalue weighted by Gasteiger charge is 2.85. The van der Waals surface area contributed by atoms with Gasteiger partial charge in [-0.05, 0) is 124 Å². The fraction of sp³-hybridized carbons (Fsp3) is 0.973. The second-order valence-corrected chi connectivity index (χ2v) is 17.3. The molecular formula is C37H64N2O5. The van der Waals surface area contributed by atoms with Crippen LogP contribution in [0.15, 0.2) is 0 Å². The molecule has 2 heterocycles. The van der Waals surface area contributed by atoms with Crippen molar-refractivity contribution in [2.24, 2.45) is 51.2 Å². The van der Waals surface area contributed by atoms with E-state index >= 15 is 0 Å². The molecule has 1 amide bonds. The van der Waals surface area contributed by atoms with E-state index in [0.29, 0.717) is 34.7 Å². The molecule has 252 valence electrons. The van der Waals surface area contributed by atoms with Crippen LogP contribution in [0.2, 0.25) is 0 Å². The van der Waals surface area contributed by atoms with E-state index in [2.05, 4.69) is 33.0 Å². The van der Waals surface area contributed by atoms with Gasteiger partial charge in [0.25, 0.3) is 0 Å². The van der Waals surface area contributed by atoms with E-state index in [0.717, 1.165) is 56.8 Å². The number of nitrogens with one attached hydrogen (secondary N) is 1. The number of ether oxygens (including phenoxy) is 3. The summed E-state index contributed by atoms with van der Waals surface area (Å²) in [5.74, 6) is 3.48. The molecule has 2 spiro atoms. The van der Waals surface area contributed by atoms with Crippen molar-refractivity contribution < 1.29 is 24.1 Å². The molecule has 44 heavy (non-hydrogen) atoms. The standard InChI is InChI=1S/C36H60N2O5.CH4/c1-8-41-30(33(5,6)40)26-11-9-24-27(42-26)21-25-23-10-12-28-32(3,4)29(43-31(39)38-19-17-37-18-20-38)13-14-36(28)22(2)35(23,36)16-15-34(24,25)7;/h22-30,37,40H,8-21H2,1-7H3;1H4/t22?,23?,24?,25?,26?,27?,28-,29?,30?,34?,35?,36?;/m0./s1. The molecule has 7 nitrogen and oxygen atoms in total. The van der Waals surface area contributed by atoms with Crippen LogP contribution >= 0.6 is 0 Å². The Hall–Kier alpha value is -0.890. The van der Waals surface area contributed by atoms with Crippen LogP contribution in [0.5, 0.6) is 0 Å².